The lowest BCUT2D eigenvalue weighted by Gasteiger charge is -2.27. The van der Waals surface area contributed by atoms with Crippen LogP contribution >= 0.6 is 0 Å². The van der Waals surface area contributed by atoms with E-state index < -0.39 is 0 Å². The Labute approximate surface area is 140 Å². The first-order valence-corrected chi connectivity index (χ1v) is 8.77. The molecule has 0 heterocycles. The van der Waals surface area contributed by atoms with E-state index in [-0.39, 0.29) is 5.91 Å². The Morgan fingerprint density at radius 1 is 1.26 bits per heavy atom. The Balaban J connectivity index is 2.16. The minimum atomic E-state index is 0.0672. The molecule has 0 N–H and O–H groups in total. The number of hydrogen-bond donors (Lipinski definition) is 0. The summed E-state index contributed by atoms with van der Waals surface area (Å²) < 4.78 is 0. The number of allylic oxidation sites excluding steroid dienone is 3. The van der Waals surface area contributed by atoms with Crippen LogP contribution in [-0.2, 0) is 4.79 Å². The van der Waals surface area contributed by atoms with Gasteiger partial charge in [0.2, 0.25) is 5.91 Å². The first kappa shape index (κ1) is 17.5. The molecule has 2 heteroatoms. The van der Waals surface area contributed by atoms with Crippen molar-refractivity contribution in [1.29, 1.82) is 0 Å². The summed E-state index contributed by atoms with van der Waals surface area (Å²) in [4.78, 5) is 13.4. The molecule has 2 nitrogen and oxygen atoms in total. The summed E-state index contributed by atoms with van der Waals surface area (Å²) in [6.45, 7) is 2.24. The molecule has 1 aliphatic rings. The van der Waals surface area contributed by atoms with Crippen molar-refractivity contribution in [2.45, 2.75) is 51.4 Å². The highest BCUT2D eigenvalue weighted by atomic mass is 16.2. The number of nitrogens with zero attached hydrogens (tertiary/aromatic N) is 1. The summed E-state index contributed by atoms with van der Waals surface area (Å²) in [6.07, 6.45) is 10.8. The summed E-state index contributed by atoms with van der Waals surface area (Å²) in [5, 5.41) is 0. The van der Waals surface area contributed by atoms with Crippen molar-refractivity contribution in [2.24, 2.45) is 0 Å². The van der Waals surface area contributed by atoms with E-state index in [1.165, 1.54) is 30.4 Å². The molecule has 1 aromatic carbocycles. The van der Waals surface area contributed by atoms with Crippen molar-refractivity contribution >= 4 is 5.91 Å². The lowest BCUT2D eigenvalue weighted by molar-refractivity contribution is -0.123. The van der Waals surface area contributed by atoms with Crippen LogP contribution < -0.4 is 0 Å². The summed E-state index contributed by atoms with van der Waals surface area (Å²) in [5.41, 5.74) is 4.39. The third kappa shape index (κ3) is 5.09. The Morgan fingerprint density at radius 2 is 2.00 bits per heavy atom. The lowest BCUT2D eigenvalue weighted by Crippen LogP contribution is -2.19. The van der Waals surface area contributed by atoms with Gasteiger partial charge in [0, 0.05) is 20.2 Å². The van der Waals surface area contributed by atoms with Crippen LogP contribution in [0.15, 0.2) is 53.6 Å². The number of amides is 1. The van der Waals surface area contributed by atoms with Crippen LogP contribution in [0.1, 0.15) is 56.9 Å². The van der Waals surface area contributed by atoms with Gasteiger partial charge in [-0.05, 0) is 49.2 Å². The zero-order valence-corrected chi connectivity index (χ0v) is 14.7. The van der Waals surface area contributed by atoms with Crippen molar-refractivity contribution in [2.75, 3.05) is 14.1 Å². The first-order chi connectivity index (χ1) is 11.1. The predicted octanol–water partition coefficient (Wildman–Crippen LogP) is 5.09. The van der Waals surface area contributed by atoms with Crippen LogP contribution in [0.2, 0.25) is 0 Å². The van der Waals surface area contributed by atoms with E-state index in [0.717, 1.165) is 19.3 Å². The van der Waals surface area contributed by atoms with Gasteiger partial charge < -0.3 is 4.90 Å². The van der Waals surface area contributed by atoms with E-state index in [2.05, 4.69) is 43.3 Å². The van der Waals surface area contributed by atoms with Gasteiger partial charge in [-0.25, -0.2) is 0 Å². The van der Waals surface area contributed by atoms with Gasteiger partial charge in [0.1, 0.15) is 0 Å². The van der Waals surface area contributed by atoms with Gasteiger partial charge in [0.05, 0.1) is 0 Å². The van der Waals surface area contributed by atoms with Gasteiger partial charge in [0.25, 0.3) is 0 Å². The van der Waals surface area contributed by atoms with E-state index in [0.29, 0.717) is 5.92 Å². The molecule has 2 rings (SSSR count). The molecule has 0 radical (unpaired) electrons. The largest absolute Gasteiger partial charge is 0.345 e. The molecule has 0 aliphatic heterocycles. The topological polar surface area (TPSA) is 20.3 Å². The Hall–Kier alpha value is -1.83. The van der Waals surface area contributed by atoms with Crippen molar-refractivity contribution < 1.29 is 4.79 Å². The van der Waals surface area contributed by atoms with Crippen molar-refractivity contribution in [3.63, 3.8) is 0 Å². The zero-order chi connectivity index (χ0) is 16.7. The highest BCUT2D eigenvalue weighted by molar-refractivity contribution is 5.87. The second-order valence-electron chi connectivity index (χ2n) is 6.65. The highest BCUT2D eigenvalue weighted by Gasteiger charge is 2.21. The van der Waals surface area contributed by atoms with Crippen LogP contribution in [0.3, 0.4) is 0 Å². The minimum absolute atomic E-state index is 0.0672. The number of benzene rings is 1. The number of likely N-dealkylation sites (N-methyl/N-ethyl adjacent to an activating group) is 1. The van der Waals surface area contributed by atoms with Gasteiger partial charge >= 0.3 is 0 Å². The summed E-state index contributed by atoms with van der Waals surface area (Å²) in [6, 6.07) is 10.9. The van der Waals surface area contributed by atoms with Crippen LogP contribution in [0.5, 0.6) is 0 Å². The van der Waals surface area contributed by atoms with Crippen molar-refractivity contribution in [3.05, 3.63) is 59.2 Å². The first-order valence-electron chi connectivity index (χ1n) is 8.77. The molecule has 0 aromatic heterocycles. The Morgan fingerprint density at radius 3 is 2.65 bits per heavy atom. The Bertz CT molecular complexity index is 569. The van der Waals surface area contributed by atoms with E-state index in [4.69, 9.17) is 0 Å². The number of unbranched alkanes of at least 4 members (excludes halogenated alkanes) is 1. The van der Waals surface area contributed by atoms with Crippen LogP contribution in [0.4, 0.5) is 0 Å². The number of rotatable bonds is 6. The average molecular weight is 311 g/mol. The molecule has 23 heavy (non-hydrogen) atoms. The van der Waals surface area contributed by atoms with Crippen LogP contribution in [-0.4, -0.2) is 24.9 Å². The SMILES string of the molecule is CCCCC1=C(/C=C/C(=O)N(C)C)CCC(c2ccccc2)C1. The number of carbonyl (C=O) groups excluding carboxylic acids is 1. The van der Waals surface area contributed by atoms with Crippen LogP contribution in [0.25, 0.3) is 0 Å². The number of hydrogen-bond acceptors (Lipinski definition) is 1. The molecule has 1 atom stereocenters. The highest BCUT2D eigenvalue weighted by Crippen LogP contribution is 2.38. The monoisotopic (exact) mass is 311 g/mol. The van der Waals surface area contributed by atoms with Crippen molar-refractivity contribution in [3.8, 4) is 0 Å². The fourth-order valence-corrected chi connectivity index (χ4v) is 3.22. The van der Waals surface area contributed by atoms with Crippen molar-refractivity contribution in [1.82, 2.24) is 4.90 Å². The molecule has 0 saturated carbocycles. The van der Waals surface area contributed by atoms with E-state index >= 15 is 0 Å². The zero-order valence-electron chi connectivity index (χ0n) is 14.7. The van der Waals surface area contributed by atoms with E-state index in [1.807, 2.05) is 0 Å². The fourth-order valence-electron chi connectivity index (χ4n) is 3.22. The molecule has 0 spiro atoms. The molecule has 1 amide bonds. The van der Waals surface area contributed by atoms with E-state index in [1.54, 1.807) is 30.6 Å². The number of carbonyl (C=O) groups is 1. The molecule has 1 aliphatic carbocycles. The maximum absolute atomic E-state index is 11.8. The smallest absolute Gasteiger partial charge is 0.246 e. The molecule has 0 bridgehead atoms. The third-order valence-electron chi connectivity index (χ3n) is 4.68. The molecule has 0 fully saturated rings. The minimum Gasteiger partial charge on any atom is -0.345 e. The predicted molar refractivity (Wildman–Crippen MR) is 97.4 cm³/mol. The van der Waals surface area contributed by atoms with E-state index in [9.17, 15) is 4.79 Å². The fraction of sp³-hybridized carbons (Fsp3) is 0.476. The second kappa shape index (κ2) is 8.71. The summed E-state index contributed by atoms with van der Waals surface area (Å²) in [5.74, 6) is 0.697. The molecular formula is C21H29NO. The van der Waals surface area contributed by atoms with Gasteiger partial charge in [-0.2, -0.15) is 0 Å². The third-order valence-corrected chi connectivity index (χ3v) is 4.68. The maximum Gasteiger partial charge on any atom is 0.246 e. The molecule has 1 unspecified atom stereocenters. The molecular weight excluding hydrogens is 282 g/mol. The quantitative estimate of drug-likeness (QED) is 0.670. The van der Waals surface area contributed by atoms with Crippen LogP contribution in [0, 0.1) is 0 Å². The van der Waals surface area contributed by atoms with Gasteiger partial charge in [0.15, 0.2) is 0 Å². The van der Waals surface area contributed by atoms with Gasteiger partial charge in [-0.15, -0.1) is 0 Å². The normalized spacial score (nSPS) is 18.5. The Kier molecular flexibility index (Phi) is 6.64. The van der Waals surface area contributed by atoms with Gasteiger partial charge in [-0.3, -0.25) is 4.79 Å². The molecule has 124 valence electrons. The molecule has 1 aromatic rings. The maximum atomic E-state index is 11.8. The standard InChI is InChI=1S/C21H29NO/c1-4-5-9-19-16-20(17-10-7-6-8-11-17)13-12-18(19)14-15-21(23)22(2)3/h6-8,10-11,14-15,20H,4-5,9,12-13,16H2,1-3H3/b15-14+. The molecule has 0 saturated heterocycles. The summed E-state index contributed by atoms with van der Waals surface area (Å²) >= 11 is 0. The second-order valence-corrected chi connectivity index (χ2v) is 6.65. The average Bonchev–Trinajstić information content (AvgIpc) is 2.58. The van der Waals surface area contributed by atoms with Gasteiger partial charge in [-0.1, -0.05) is 55.3 Å². The lowest BCUT2D eigenvalue weighted by atomic mass is 9.78. The summed E-state index contributed by atoms with van der Waals surface area (Å²) in [7, 11) is 3.59.